The van der Waals surface area contributed by atoms with Gasteiger partial charge < -0.3 is 5.32 Å². The molecule has 0 saturated carbocycles. The summed E-state index contributed by atoms with van der Waals surface area (Å²) in [5.74, 6) is -0.466. The lowest BCUT2D eigenvalue weighted by Gasteiger charge is -2.08. The Balaban J connectivity index is 1.58. The Morgan fingerprint density at radius 3 is 2.34 bits per heavy atom. The van der Waals surface area contributed by atoms with E-state index in [9.17, 15) is 13.2 Å². The van der Waals surface area contributed by atoms with Crippen molar-refractivity contribution in [3.8, 4) is 16.9 Å². The van der Waals surface area contributed by atoms with Crippen molar-refractivity contribution in [3.05, 3.63) is 114 Å². The highest BCUT2D eigenvalue weighted by Crippen LogP contribution is 2.25. The van der Waals surface area contributed by atoms with Crippen LogP contribution in [0.25, 0.3) is 16.9 Å². The van der Waals surface area contributed by atoms with Crippen molar-refractivity contribution in [2.75, 3.05) is 11.9 Å². The summed E-state index contributed by atoms with van der Waals surface area (Å²) in [6.07, 6.45) is 3.20. The predicted octanol–water partition coefficient (Wildman–Crippen LogP) is 4.71. The van der Waals surface area contributed by atoms with E-state index in [1.165, 1.54) is 6.08 Å². The number of nitrogens with zero attached hydrogens (tertiary/aromatic N) is 2. The van der Waals surface area contributed by atoms with E-state index in [4.69, 9.17) is 5.10 Å². The molecule has 4 rings (SSSR count). The van der Waals surface area contributed by atoms with Crippen LogP contribution in [0.1, 0.15) is 21.5 Å². The van der Waals surface area contributed by atoms with Crippen molar-refractivity contribution in [3.63, 3.8) is 0 Å². The Bertz CT molecular complexity index is 1430. The van der Waals surface area contributed by atoms with Crippen LogP contribution in [0.5, 0.6) is 0 Å². The van der Waals surface area contributed by atoms with Gasteiger partial charge in [-0.3, -0.25) is 4.79 Å². The van der Waals surface area contributed by atoms with Gasteiger partial charge >= 0.3 is 0 Å². The molecule has 4 aromatic rings. The predicted molar refractivity (Wildman–Crippen MR) is 139 cm³/mol. The average molecular weight is 487 g/mol. The lowest BCUT2D eigenvalue weighted by Crippen LogP contribution is -2.25. The lowest BCUT2D eigenvalue weighted by atomic mass is 10.1. The summed E-state index contributed by atoms with van der Waals surface area (Å²) in [7, 11) is -3.46. The molecule has 0 aliphatic rings. The van der Waals surface area contributed by atoms with E-state index in [0.717, 1.165) is 16.8 Å². The van der Waals surface area contributed by atoms with E-state index in [1.807, 2.05) is 61.5 Å². The Morgan fingerprint density at radius 1 is 1.00 bits per heavy atom. The summed E-state index contributed by atoms with van der Waals surface area (Å²) in [4.78, 5) is 13.3. The Kier molecular flexibility index (Phi) is 7.24. The van der Waals surface area contributed by atoms with E-state index in [2.05, 4.69) is 16.6 Å². The number of benzene rings is 3. The first kappa shape index (κ1) is 24.1. The van der Waals surface area contributed by atoms with Gasteiger partial charge in [0.05, 0.1) is 17.0 Å². The Labute approximate surface area is 205 Å². The fourth-order valence-electron chi connectivity index (χ4n) is 3.52. The fraction of sp³-hybridized carbons (Fsp3) is 0.111. The molecule has 0 radical (unpaired) electrons. The summed E-state index contributed by atoms with van der Waals surface area (Å²) >= 11 is 0. The molecule has 0 unspecified atom stereocenters. The minimum atomic E-state index is -3.46. The summed E-state index contributed by atoms with van der Waals surface area (Å²) < 4.78 is 28.3. The molecule has 0 bridgehead atoms. The standard InChI is InChI=1S/C27H26N4O3S/c1-3-17-28-35(33,34)19-21-11-13-23(14-12-21)29-27(32)25-18-31(24-15-9-20(2)10-16-24)30-26(25)22-7-5-4-6-8-22/h3-16,18,28H,1,17,19H2,2H3,(H,29,32). The Hall–Kier alpha value is -4.01. The van der Waals surface area contributed by atoms with Gasteiger partial charge in [-0.05, 0) is 36.8 Å². The van der Waals surface area contributed by atoms with Gasteiger partial charge in [0.1, 0.15) is 5.69 Å². The number of sulfonamides is 1. The fourth-order valence-corrected chi connectivity index (χ4v) is 4.62. The lowest BCUT2D eigenvalue weighted by molar-refractivity contribution is 0.102. The second-order valence-electron chi connectivity index (χ2n) is 8.08. The Morgan fingerprint density at radius 2 is 1.69 bits per heavy atom. The van der Waals surface area contributed by atoms with Crippen LogP contribution >= 0.6 is 0 Å². The van der Waals surface area contributed by atoms with Crippen molar-refractivity contribution in [1.82, 2.24) is 14.5 Å². The minimum absolute atomic E-state index is 0.156. The van der Waals surface area contributed by atoms with Crippen LogP contribution in [0.15, 0.2) is 97.7 Å². The zero-order chi connectivity index (χ0) is 24.8. The van der Waals surface area contributed by atoms with Gasteiger partial charge in [-0.2, -0.15) is 5.10 Å². The quantitative estimate of drug-likeness (QED) is 0.335. The number of carbonyl (C=O) groups is 1. The third-order valence-corrected chi connectivity index (χ3v) is 6.64. The number of anilines is 1. The second-order valence-corrected chi connectivity index (χ2v) is 9.89. The number of aromatic nitrogens is 2. The molecule has 3 aromatic carbocycles. The third kappa shape index (κ3) is 6.11. The van der Waals surface area contributed by atoms with Gasteiger partial charge in [0.15, 0.2) is 0 Å². The molecule has 0 aliphatic heterocycles. The maximum atomic E-state index is 13.3. The van der Waals surface area contributed by atoms with Crippen LogP contribution in [-0.4, -0.2) is 30.7 Å². The normalized spacial score (nSPS) is 11.2. The van der Waals surface area contributed by atoms with Crippen LogP contribution in [0, 0.1) is 6.92 Å². The number of hydrogen-bond acceptors (Lipinski definition) is 4. The SMILES string of the molecule is C=CCNS(=O)(=O)Cc1ccc(NC(=O)c2cn(-c3ccc(C)cc3)nc2-c2ccccc2)cc1. The van der Waals surface area contributed by atoms with Gasteiger partial charge in [-0.15, -0.1) is 6.58 Å². The van der Waals surface area contributed by atoms with Crippen molar-refractivity contribution >= 4 is 21.6 Å². The molecule has 0 aliphatic carbocycles. The molecular weight excluding hydrogens is 460 g/mol. The smallest absolute Gasteiger partial charge is 0.259 e. The third-order valence-electron chi connectivity index (χ3n) is 5.32. The average Bonchev–Trinajstić information content (AvgIpc) is 3.31. The summed E-state index contributed by atoms with van der Waals surface area (Å²) in [6.45, 7) is 5.70. The summed E-state index contributed by atoms with van der Waals surface area (Å²) in [6, 6.07) is 24.2. The maximum absolute atomic E-state index is 13.3. The van der Waals surface area contributed by atoms with Gasteiger partial charge in [0.25, 0.3) is 5.91 Å². The minimum Gasteiger partial charge on any atom is -0.322 e. The zero-order valence-electron chi connectivity index (χ0n) is 19.3. The number of hydrogen-bond donors (Lipinski definition) is 2. The molecule has 178 valence electrons. The van der Waals surface area contributed by atoms with Gasteiger partial charge in [0.2, 0.25) is 10.0 Å². The number of amides is 1. The van der Waals surface area contributed by atoms with Crippen LogP contribution in [-0.2, 0) is 15.8 Å². The second kappa shape index (κ2) is 10.5. The molecule has 0 atom stereocenters. The van der Waals surface area contributed by atoms with Gasteiger partial charge in [0, 0.05) is 24.0 Å². The first-order chi connectivity index (χ1) is 16.8. The first-order valence-corrected chi connectivity index (χ1v) is 12.7. The number of aryl methyl sites for hydroxylation is 1. The molecule has 7 nitrogen and oxygen atoms in total. The highest BCUT2D eigenvalue weighted by Gasteiger charge is 2.19. The topological polar surface area (TPSA) is 93.1 Å². The molecule has 2 N–H and O–H groups in total. The molecular formula is C27H26N4O3S. The molecule has 8 heteroatoms. The summed E-state index contributed by atoms with van der Waals surface area (Å²) in [5.41, 5.74) is 4.97. The van der Waals surface area contributed by atoms with Crippen LogP contribution in [0.2, 0.25) is 0 Å². The number of carbonyl (C=O) groups excluding carboxylic acids is 1. The highest BCUT2D eigenvalue weighted by atomic mass is 32.2. The largest absolute Gasteiger partial charge is 0.322 e. The van der Waals surface area contributed by atoms with Gasteiger partial charge in [-0.1, -0.05) is 66.2 Å². The molecule has 1 heterocycles. The molecule has 35 heavy (non-hydrogen) atoms. The van der Waals surface area contributed by atoms with Crippen LogP contribution in [0.3, 0.4) is 0 Å². The number of nitrogens with one attached hydrogen (secondary N) is 2. The van der Waals surface area contributed by atoms with Crippen molar-refractivity contribution in [2.24, 2.45) is 0 Å². The first-order valence-electron chi connectivity index (χ1n) is 11.1. The van der Waals surface area contributed by atoms with E-state index in [0.29, 0.717) is 22.5 Å². The van der Waals surface area contributed by atoms with E-state index >= 15 is 0 Å². The molecule has 1 amide bonds. The molecule has 0 fully saturated rings. The van der Waals surface area contributed by atoms with E-state index in [1.54, 1.807) is 35.1 Å². The molecule has 1 aromatic heterocycles. The molecule has 0 saturated heterocycles. The monoisotopic (exact) mass is 486 g/mol. The highest BCUT2D eigenvalue weighted by molar-refractivity contribution is 7.88. The van der Waals surface area contributed by atoms with E-state index < -0.39 is 10.0 Å². The van der Waals surface area contributed by atoms with Crippen molar-refractivity contribution in [2.45, 2.75) is 12.7 Å². The van der Waals surface area contributed by atoms with E-state index in [-0.39, 0.29) is 18.2 Å². The molecule has 0 spiro atoms. The van der Waals surface area contributed by atoms with Crippen molar-refractivity contribution < 1.29 is 13.2 Å². The van der Waals surface area contributed by atoms with Crippen LogP contribution < -0.4 is 10.0 Å². The number of rotatable bonds is 9. The zero-order valence-corrected chi connectivity index (χ0v) is 20.1. The van der Waals surface area contributed by atoms with Crippen molar-refractivity contribution in [1.29, 1.82) is 0 Å². The van der Waals surface area contributed by atoms with Crippen LogP contribution in [0.4, 0.5) is 5.69 Å². The van der Waals surface area contributed by atoms with Gasteiger partial charge in [-0.25, -0.2) is 17.8 Å². The maximum Gasteiger partial charge on any atom is 0.259 e. The summed E-state index contributed by atoms with van der Waals surface area (Å²) in [5, 5.41) is 7.59.